The van der Waals surface area contributed by atoms with E-state index in [-0.39, 0.29) is 10.4 Å². The third kappa shape index (κ3) is 4.12. The quantitative estimate of drug-likeness (QED) is 0.659. The van der Waals surface area contributed by atoms with E-state index in [1.54, 1.807) is 32.0 Å². The van der Waals surface area contributed by atoms with Crippen molar-refractivity contribution >= 4 is 48.8 Å². The number of hydrogen-bond donors (Lipinski definition) is 2. The van der Waals surface area contributed by atoms with Gasteiger partial charge in [-0.05, 0) is 63.1 Å². The summed E-state index contributed by atoms with van der Waals surface area (Å²) in [5.41, 5.74) is 3.94. The second-order valence-corrected chi connectivity index (χ2v) is 10.4. The standard InChI is InChI=1S/C19H21N3O3S2/c1-11(2)27(24,25)19-22-15-8-7-14(10-17(15)26-19)20-18(23)21-16-9-12(3)5-6-13(16)4/h5-11H,1-4H3,(H2,20,21,23). The summed E-state index contributed by atoms with van der Waals surface area (Å²) >= 11 is 1.11. The lowest BCUT2D eigenvalue weighted by molar-refractivity contribution is 0.262. The molecule has 0 unspecified atom stereocenters. The van der Waals surface area contributed by atoms with Gasteiger partial charge < -0.3 is 10.6 Å². The van der Waals surface area contributed by atoms with Crippen LogP contribution in [0.5, 0.6) is 0 Å². The number of urea groups is 1. The van der Waals surface area contributed by atoms with Crippen molar-refractivity contribution in [3.63, 3.8) is 0 Å². The molecule has 6 nitrogen and oxygen atoms in total. The molecule has 0 radical (unpaired) electrons. The average molecular weight is 404 g/mol. The number of amides is 2. The maximum atomic E-state index is 12.3. The highest BCUT2D eigenvalue weighted by molar-refractivity contribution is 7.94. The lowest BCUT2D eigenvalue weighted by Gasteiger charge is -2.10. The third-order valence-corrected chi connectivity index (χ3v) is 7.71. The Balaban J connectivity index is 1.81. The van der Waals surface area contributed by atoms with E-state index in [2.05, 4.69) is 15.6 Å². The molecule has 0 aliphatic heterocycles. The highest BCUT2D eigenvalue weighted by Crippen LogP contribution is 2.30. The number of benzene rings is 2. The van der Waals surface area contributed by atoms with Crippen LogP contribution in [0.3, 0.4) is 0 Å². The number of fused-ring (bicyclic) bond motifs is 1. The van der Waals surface area contributed by atoms with Crippen LogP contribution in [-0.4, -0.2) is 24.7 Å². The molecule has 2 amide bonds. The van der Waals surface area contributed by atoms with Gasteiger partial charge in [-0.3, -0.25) is 0 Å². The summed E-state index contributed by atoms with van der Waals surface area (Å²) in [7, 11) is -3.42. The van der Waals surface area contributed by atoms with Crippen LogP contribution in [0.1, 0.15) is 25.0 Å². The maximum absolute atomic E-state index is 12.3. The topological polar surface area (TPSA) is 88.2 Å². The molecule has 1 heterocycles. The SMILES string of the molecule is Cc1ccc(C)c(NC(=O)Nc2ccc3nc(S(=O)(=O)C(C)C)sc3c2)c1. The Morgan fingerprint density at radius 2 is 1.81 bits per heavy atom. The summed E-state index contributed by atoms with van der Waals surface area (Å²) < 4.78 is 25.4. The average Bonchev–Trinajstić information content (AvgIpc) is 3.02. The Labute approximate surface area is 162 Å². The van der Waals surface area contributed by atoms with Gasteiger partial charge in [-0.25, -0.2) is 18.2 Å². The molecular weight excluding hydrogens is 382 g/mol. The normalized spacial score (nSPS) is 11.7. The molecule has 0 saturated carbocycles. The first-order chi connectivity index (χ1) is 12.7. The number of anilines is 2. The van der Waals surface area contributed by atoms with Crippen LogP contribution < -0.4 is 10.6 Å². The van der Waals surface area contributed by atoms with Gasteiger partial charge in [-0.15, -0.1) is 11.3 Å². The third-order valence-electron chi connectivity index (χ3n) is 4.13. The molecule has 142 valence electrons. The van der Waals surface area contributed by atoms with Gasteiger partial charge in [0.05, 0.1) is 15.5 Å². The number of nitrogens with one attached hydrogen (secondary N) is 2. The van der Waals surface area contributed by atoms with E-state index in [1.807, 2.05) is 32.0 Å². The van der Waals surface area contributed by atoms with E-state index < -0.39 is 15.1 Å². The predicted octanol–water partition coefficient (Wildman–Crippen LogP) is 4.74. The summed E-state index contributed by atoms with van der Waals surface area (Å²) in [6.45, 7) is 7.15. The molecule has 0 atom stereocenters. The fraction of sp³-hybridized carbons (Fsp3) is 0.263. The Bertz CT molecular complexity index is 1120. The Morgan fingerprint density at radius 1 is 1.07 bits per heavy atom. The lowest BCUT2D eigenvalue weighted by atomic mass is 10.1. The van der Waals surface area contributed by atoms with Gasteiger partial charge >= 0.3 is 6.03 Å². The molecule has 0 saturated heterocycles. The van der Waals surface area contributed by atoms with Gasteiger partial charge in [0.25, 0.3) is 0 Å². The van der Waals surface area contributed by atoms with Crippen LogP contribution in [0.25, 0.3) is 10.2 Å². The van der Waals surface area contributed by atoms with Gasteiger partial charge in [0.2, 0.25) is 14.2 Å². The monoisotopic (exact) mass is 403 g/mol. The number of rotatable bonds is 4. The lowest BCUT2D eigenvalue weighted by Crippen LogP contribution is -2.19. The van der Waals surface area contributed by atoms with Crippen LogP contribution in [0.2, 0.25) is 0 Å². The Kier molecular flexibility index (Phi) is 5.21. The summed E-state index contributed by atoms with van der Waals surface area (Å²) in [5, 5.41) is 5.08. The predicted molar refractivity (Wildman–Crippen MR) is 110 cm³/mol. The Morgan fingerprint density at radius 3 is 2.52 bits per heavy atom. The zero-order valence-corrected chi connectivity index (χ0v) is 17.2. The maximum Gasteiger partial charge on any atom is 0.323 e. The molecule has 0 aliphatic carbocycles. The van der Waals surface area contributed by atoms with Crippen molar-refractivity contribution in [2.24, 2.45) is 0 Å². The molecule has 0 spiro atoms. The minimum Gasteiger partial charge on any atom is -0.308 e. The summed E-state index contributed by atoms with van der Waals surface area (Å²) in [6, 6.07) is 10.6. The first kappa shape index (κ1) is 19.3. The summed E-state index contributed by atoms with van der Waals surface area (Å²) in [5.74, 6) is 0. The molecule has 3 aromatic rings. The molecule has 0 aliphatic rings. The zero-order valence-electron chi connectivity index (χ0n) is 15.5. The minimum atomic E-state index is -3.42. The number of carbonyl (C=O) groups excluding carboxylic acids is 1. The molecule has 8 heteroatoms. The van der Waals surface area contributed by atoms with Crippen LogP contribution in [0, 0.1) is 13.8 Å². The van der Waals surface area contributed by atoms with E-state index in [0.717, 1.165) is 28.2 Å². The Hall–Kier alpha value is -2.45. The van der Waals surface area contributed by atoms with Crippen molar-refractivity contribution in [3.05, 3.63) is 47.5 Å². The molecule has 0 fully saturated rings. The first-order valence-electron chi connectivity index (χ1n) is 8.46. The zero-order chi connectivity index (χ0) is 19.8. The second kappa shape index (κ2) is 7.28. The fourth-order valence-electron chi connectivity index (χ4n) is 2.46. The van der Waals surface area contributed by atoms with E-state index >= 15 is 0 Å². The van der Waals surface area contributed by atoms with Crippen LogP contribution in [0.4, 0.5) is 16.2 Å². The van der Waals surface area contributed by atoms with Crippen molar-refractivity contribution in [1.82, 2.24) is 4.98 Å². The van der Waals surface area contributed by atoms with Crippen molar-refractivity contribution < 1.29 is 13.2 Å². The van der Waals surface area contributed by atoms with E-state index in [1.165, 1.54) is 0 Å². The van der Waals surface area contributed by atoms with E-state index in [4.69, 9.17) is 0 Å². The first-order valence-corrected chi connectivity index (χ1v) is 10.8. The number of aryl methyl sites for hydroxylation is 2. The highest BCUT2D eigenvalue weighted by Gasteiger charge is 2.23. The van der Waals surface area contributed by atoms with Gasteiger partial charge in [0, 0.05) is 11.4 Å². The van der Waals surface area contributed by atoms with Crippen LogP contribution >= 0.6 is 11.3 Å². The summed E-state index contributed by atoms with van der Waals surface area (Å²) in [4.78, 5) is 16.5. The number of carbonyl (C=O) groups is 1. The number of sulfone groups is 1. The van der Waals surface area contributed by atoms with E-state index in [9.17, 15) is 13.2 Å². The van der Waals surface area contributed by atoms with Crippen LogP contribution in [0.15, 0.2) is 40.7 Å². The molecule has 2 aromatic carbocycles. The smallest absolute Gasteiger partial charge is 0.308 e. The minimum absolute atomic E-state index is 0.101. The van der Waals surface area contributed by atoms with Crippen molar-refractivity contribution in [1.29, 1.82) is 0 Å². The molecule has 3 rings (SSSR count). The largest absolute Gasteiger partial charge is 0.323 e. The number of thiazole rings is 1. The van der Waals surface area contributed by atoms with Crippen molar-refractivity contribution in [3.8, 4) is 0 Å². The number of nitrogens with zero attached hydrogens (tertiary/aromatic N) is 1. The van der Waals surface area contributed by atoms with Gasteiger partial charge in [0.15, 0.2) is 0 Å². The second-order valence-electron chi connectivity index (χ2n) is 6.65. The molecule has 1 aromatic heterocycles. The van der Waals surface area contributed by atoms with E-state index in [0.29, 0.717) is 15.9 Å². The summed E-state index contributed by atoms with van der Waals surface area (Å²) in [6.07, 6.45) is 0. The van der Waals surface area contributed by atoms with Crippen molar-refractivity contribution in [2.75, 3.05) is 10.6 Å². The highest BCUT2D eigenvalue weighted by atomic mass is 32.2. The van der Waals surface area contributed by atoms with Gasteiger partial charge in [-0.2, -0.15) is 0 Å². The molecule has 2 N–H and O–H groups in total. The van der Waals surface area contributed by atoms with Gasteiger partial charge in [-0.1, -0.05) is 12.1 Å². The van der Waals surface area contributed by atoms with Crippen LogP contribution in [-0.2, 0) is 9.84 Å². The molecule has 0 bridgehead atoms. The van der Waals surface area contributed by atoms with Gasteiger partial charge in [0.1, 0.15) is 0 Å². The van der Waals surface area contributed by atoms with Crippen molar-refractivity contribution in [2.45, 2.75) is 37.3 Å². The fourth-order valence-corrected chi connectivity index (χ4v) is 5.14. The number of aromatic nitrogens is 1. The molecule has 27 heavy (non-hydrogen) atoms. The molecular formula is C19H21N3O3S2. The number of hydrogen-bond acceptors (Lipinski definition) is 5.